The quantitative estimate of drug-likeness (QED) is 0.0564. The van der Waals surface area contributed by atoms with Gasteiger partial charge in [0.1, 0.15) is 9.09 Å². The Kier molecular flexibility index (Phi) is 12.5. The normalized spacial score (nSPS) is 13.2. The van der Waals surface area contributed by atoms with Gasteiger partial charge in [0.2, 0.25) is 10.3 Å². The van der Waals surface area contributed by atoms with Crippen molar-refractivity contribution in [2.75, 3.05) is 29.7 Å². The SMILES string of the molecule is O=C(Nc1nc2ccc(NS(=O)(=O)c3cccs3)cc2s1)c1cc2n(n1)CCCN(CCCNC(=O)c1cnc(N=Nc3c(-c4ccccc4)[nH]n(-c4nc(-c5ccccc5)cs4)c3=O)s1)C2. The smallest absolute Gasteiger partial charge is 0.301 e. The highest BCUT2D eigenvalue weighted by atomic mass is 32.2. The van der Waals surface area contributed by atoms with Crippen LogP contribution in [-0.2, 0) is 23.1 Å². The molecule has 0 atom stereocenters. The van der Waals surface area contributed by atoms with Crippen molar-refractivity contribution in [1.29, 1.82) is 0 Å². The van der Waals surface area contributed by atoms with E-state index < -0.39 is 21.5 Å². The first-order valence-corrected chi connectivity index (χ1v) is 25.7. The van der Waals surface area contributed by atoms with E-state index in [1.165, 1.54) is 33.6 Å². The highest BCUT2D eigenvalue weighted by molar-refractivity contribution is 7.94. The Bertz CT molecular complexity index is 3430. The lowest BCUT2D eigenvalue weighted by Crippen LogP contribution is -2.29. The summed E-state index contributed by atoms with van der Waals surface area (Å²) in [6.07, 6.45) is 2.96. The molecular weight excluding hydrogens is 951 g/mol. The predicted molar refractivity (Wildman–Crippen MR) is 261 cm³/mol. The number of hydrogen-bond donors (Lipinski definition) is 4. The van der Waals surface area contributed by atoms with Gasteiger partial charge in [0.05, 0.1) is 39.2 Å². The summed E-state index contributed by atoms with van der Waals surface area (Å²) in [6, 6.07) is 29.1. The Hall–Kier alpha value is -7.02. The predicted octanol–water partition coefficient (Wildman–Crippen LogP) is 8.77. The number of nitrogens with one attached hydrogen (secondary N) is 4. The van der Waals surface area contributed by atoms with Crippen molar-refractivity contribution in [2.24, 2.45) is 10.2 Å². The second kappa shape index (κ2) is 19.1. The fourth-order valence-electron chi connectivity index (χ4n) is 7.33. The van der Waals surface area contributed by atoms with Crippen molar-refractivity contribution in [1.82, 2.24) is 44.7 Å². The van der Waals surface area contributed by atoms with Crippen molar-refractivity contribution in [3.8, 4) is 27.6 Å². The molecule has 9 aromatic rings. The minimum atomic E-state index is -3.71. The van der Waals surface area contributed by atoms with E-state index in [0.29, 0.717) is 69.3 Å². The largest absolute Gasteiger partial charge is 0.351 e. The lowest BCUT2D eigenvalue weighted by molar-refractivity contribution is 0.0954. The summed E-state index contributed by atoms with van der Waals surface area (Å²) in [5.74, 6) is -0.683. The van der Waals surface area contributed by atoms with E-state index in [4.69, 9.17) is 4.98 Å². The van der Waals surface area contributed by atoms with Crippen LogP contribution in [0.25, 0.3) is 37.9 Å². The molecule has 10 rings (SSSR count). The van der Waals surface area contributed by atoms with Crippen LogP contribution in [0, 0.1) is 0 Å². The highest BCUT2D eigenvalue weighted by Gasteiger charge is 2.23. The molecule has 0 aliphatic carbocycles. The minimum Gasteiger partial charge on any atom is -0.351 e. The van der Waals surface area contributed by atoms with Crippen LogP contribution in [0.4, 0.5) is 21.6 Å². The minimum absolute atomic E-state index is 0.0843. The third-order valence-electron chi connectivity index (χ3n) is 10.5. The van der Waals surface area contributed by atoms with E-state index >= 15 is 0 Å². The number of sulfonamides is 1. The van der Waals surface area contributed by atoms with Crippen molar-refractivity contribution in [2.45, 2.75) is 30.1 Å². The molecule has 4 N–H and O–H groups in total. The number of fused-ring (bicyclic) bond motifs is 2. The fourth-order valence-corrected chi connectivity index (χ4v) is 11.7. The Morgan fingerprint density at radius 2 is 1.69 bits per heavy atom. The van der Waals surface area contributed by atoms with Gasteiger partial charge in [0, 0.05) is 49.2 Å². The molecule has 1 aliphatic heterocycles. The molecule has 1 aliphatic rings. The van der Waals surface area contributed by atoms with E-state index in [-0.39, 0.29) is 26.6 Å². The number of aromatic nitrogens is 7. The fraction of sp³-hybridized carbons (Fsp3) is 0.159. The Balaban J connectivity index is 0.728. The number of aryl methyl sites for hydroxylation is 1. The van der Waals surface area contributed by atoms with Crippen LogP contribution in [0.15, 0.2) is 133 Å². The number of thiazole rings is 3. The molecule has 3 aromatic carbocycles. The molecule has 2 amide bonds. The van der Waals surface area contributed by atoms with Crippen LogP contribution in [-0.4, -0.2) is 79.3 Å². The van der Waals surface area contributed by atoms with Crippen LogP contribution >= 0.6 is 45.3 Å². The highest BCUT2D eigenvalue weighted by Crippen LogP contribution is 2.32. The van der Waals surface area contributed by atoms with Gasteiger partial charge in [-0.15, -0.1) is 32.9 Å². The van der Waals surface area contributed by atoms with Crippen molar-refractivity contribution < 1.29 is 18.0 Å². The second-order valence-electron chi connectivity index (χ2n) is 15.1. The molecule has 0 saturated heterocycles. The average Bonchev–Trinajstić information content (AvgIpc) is 4.21. The van der Waals surface area contributed by atoms with Crippen molar-refractivity contribution in [3.63, 3.8) is 0 Å². The number of aromatic amines is 1. The number of benzene rings is 3. The molecule has 0 fully saturated rings. The van der Waals surface area contributed by atoms with E-state index in [1.807, 2.05) is 70.7 Å². The first kappa shape index (κ1) is 43.9. The molecule has 0 unspecified atom stereocenters. The maximum absolute atomic E-state index is 13.8. The second-order valence-corrected chi connectivity index (χ2v) is 20.8. The van der Waals surface area contributed by atoms with Crippen LogP contribution in [0.1, 0.15) is 38.7 Å². The Labute approximate surface area is 397 Å². The molecular formula is C44H37N13O5S5. The van der Waals surface area contributed by atoms with E-state index in [2.05, 4.69) is 50.6 Å². The summed E-state index contributed by atoms with van der Waals surface area (Å²) in [5.41, 5.74) is 4.74. The number of rotatable bonds is 15. The van der Waals surface area contributed by atoms with E-state index in [1.54, 1.807) is 41.8 Å². The zero-order valence-corrected chi connectivity index (χ0v) is 39.1. The van der Waals surface area contributed by atoms with Gasteiger partial charge >= 0.3 is 5.56 Å². The molecule has 0 saturated carbocycles. The summed E-state index contributed by atoms with van der Waals surface area (Å²) in [7, 11) is -3.71. The number of nitrogens with zero attached hydrogens (tertiary/aromatic N) is 9. The standard InChI is InChI=1S/C44H37N13O5S5/c58-39(49-43-47-31-16-15-29(22-34(31)65-43)54-67(61,62)36-14-7-21-63-36)32-23-30-25-55(19-9-20-56(30)52-32)18-8-17-45-40(59)35-24-46-42(66-35)51-50-38-37(28-12-5-2-6-13-28)53-57(41(38)60)44-48-33(26-64-44)27-10-3-1-4-11-27/h1-7,10-16,21-24,26,53-54H,8-9,17-20,25H2,(H,45,59)(H,47,49,58). The lowest BCUT2D eigenvalue weighted by Gasteiger charge is -2.19. The first-order valence-electron chi connectivity index (χ1n) is 20.8. The molecule has 0 spiro atoms. The third-order valence-corrected chi connectivity index (χ3v) is 15.9. The van der Waals surface area contributed by atoms with E-state index in [9.17, 15) is 22.8 Å². The van der Waals surface area contributed by atoms with Crippen LogP contribution in [0.3, 0.4) is 0 Å². The van der Waals surface area contributed by atoms with Crippen LogP contribution in [0.5, 0.6) is 0 Å². The van der Waals surface area contributed by atoms with Gasteiger partial charge in [-0.2, -0.15) is 9.78 Å². The van der Waals surface area contributed by atoms with Crippen molar-refractivity contribution >= 4 is 99.0 Å². The third kappa shape index (κ3) is 9.77. The number of azo groups is 1. The maximum atomic E-state index is 13.8. The zero-order chi connectivity index (χ0) is 45.9. The maximum Gasteiger partial charge on any atom is 0.301 e. The van der Waals surface area contributed by atoms with Gasteiger partial charge in [-0.3, -0.25) is 39.1 Å². The molecule has 0 bridgehead atoms. The molecule has 23 heteroatoms. The zero-order valence-electron chi connectivity index (χ0n) is 35.0. The number of carbonyl (C=O) groups excluding carboxylic acids is 2. The lowest BCUT2D eigenvalue weighted by atomic mass is 10.1. The van der Waals surface area contributed by atoms with Crippen LogP contribution in [0.2, 0.25) is 0 Å². The monoisotopic (exact) mass is 987 g/mol. The Morgan fingerprint density at radius 3 is 2.49 bits per heavy atom. The number of anilines is 2. The summed E-state index contributed by atoms with van der Waals surface area (Å²) in [4.78, 5) is 56.4. The number of thiophene rings is 1. The van der Waals surface area contributed by atoms with Gasteiger partial charge in [-0.1, -0.05) is 89.4 Å². The molecule has 338 valence electrons. The van der Waals surface area contributed by atoms with Gasteiger partial charge in [0.15, 0.2) is 16.5 Å². The molecule has 7 heterocycles. The molecule has 0 radical (unpaired) electrons. The van der Waals surface area contributed by atoms with Crippen molar-refractivity contribution in [3.05, 3.63) is 141 Å². The topological polar surface area (TPSA) is 227 Å². The first-order chi connectivity index (χ1) is 32.6. The summed E-state index contributed by atoms with van der Waals surface area (Å²) >= 11 is 4.77. The van der Waals surface area contributed by atoms with Gasteiger partial charge in [0.25, 0.3) is 21.8 Å². The summed E-state index contributed by atoms with van der Waals surface area (Å²) in [6.45, 7) is 3.20. The van der Waals surface area contributed by atoms with Gasteiger partial charge < -0.3 is 5.32 Å². The number of carbonyl (C=O) groups is 2. The molecule has 18 nitrogen and oxygen atoms in total. The summed E-state index contributed by atoms with van der Waals surface area (Å²) in [5, 5.41) is 26.8. The number of amides is 2. The molecule has 6 aromatic heterocycles. The molecule has 67 heavy (non-hydrogen) atoms. The van der Waals surface area contributed by atoms with Gasteiger partial charge in [-0.25, -0.2) is 23.4 Å². The Morgan fingerprint density at radius 1 is 0.866 bits per heavy atom. The number of hydrogen-bond acceptors (Lipinski definition) is 16. The van der Waals surface area contributed by atoms with Crippen LogP contribution < -0.4 is 20.9 Å². The average molecular weight is 988 g/mol. The number of H-pyrrole nitrogens is 1. The van der Waals surface area contributed by atoms with E-state index in [0.717, 1.165) is 58.2 Å². The summed E-state index contributed by atoms with van der Waals surface area (Å²) < 4.78 is 32.1. The van der Waals surface area contributed by atoms with Gasteiger partial charge in [-0.05, 0) is 48.6 Å².